The standard InChI is InChI=1S/C12H25N/c1-5-7-11(4)13-9-6-8-12(13)10(2)3/h10-12H,5-9H2,1-4H3. The maximum absolute atomic E-state index is 2.73. The Labute approximate surface area is 83.5 Å². The molecular weight excluding hydrogens is 158 g/mol. The second-order valence-corrected chi connectivity index (χ2v) is 4.83. The van der Waals surface area contributed by atoms with Gasteiger partial charge in [0.2, 0.25) is 0 Å². The normalized spacial score (nSPS) is 27.0. The van der Waals surface area contributed by atoms with Crippen molar-refractivity contribution in [2.75, 3.05) is 6.54 Å². The molecule has 1 aliphatic rings. The van der Waals surface area contributed by atoms with Gasteiger partial charge in [-0.15, -0.1) is 0 Å². The Morgan fingerprint density at radius 1 is 1.31 bits per heavy atom. The zero-order chi connectivity index (χ0) is 9.84. The highest BCUT2D eigenvalue weighted by molar-refractivity contribution is 4.84. The fourth-order valence-corrected chi connectivity index (χ4v) is 2.66. The molecule has 13 heavy (non-hydrogen) atoms. The first kappa shape index (κ1) is 11.0. The zero-order valence-electron chi connectivity index (χ0n) is 9.71. The second kappa shape index (κ2) is 4.99. The van der Waals surface area contributed by atoms with E-state index in [-0.39, 0.29) is 0 Å². The maximum Gasteiger partial charge on any atom is 0.0121 e. The Hall–Kier alpha value is -0.0400. The Bertz CT molecular complexity index is 142. The molecule has 0 spiro atoms. The molecule has 78 valence electrons. The molecule has 0 radical (unpaired) electrons. The van der Waals surface area contributed by atoms with Crippen LogP contribution in [-0.2, 0) is 0 Å². The molecule has 2 atom stereocenters. The van der Waals surface area contributed by atoms with Crippen LogP contribution in [0, 0.1) is 5.92 Å². The maximum atomic E-state index is 2.73. The highest BCUT2D eigenvalue weighted by atomic mass is 15.2. The van der Waals surface area contributed by atoms with Gasteiger partial charge < -0.3 is 0 Å². The predicted octanol–water partition coefficient (Wildman–Crippen LogP) is 3.30. The predicted molar refractivity (Wildman–Crippen MR) is 58.9 cm³/mol. The Morgan fingerprint density at radius 2 is 2.00 bits per heavy atom. The number of nitrogens with zero attached hydrogens (tertiary/aromatic N) is 1. The van der Waals surface area contributed by atoms with Crippen molar-refractivity contribution in [1.29, 1.82) is 0 Å². The molecule has 0 saturated carbocycles. The van der Waals surface area contributed by atoms with Gasteiger partial charge in [-0.1, -0.05) is 27.2 Å². The molecule has 2 unspecified atom stereocenters. The Morgan fingerprint density at radius 3 is 2.54 bits per heavy atom. The molecule has 0 N–H and O–H groups in total. The van der Waals surface area contributed by atoms with Crippen LogP contribution in [0.5, 0.6) is 0 Å². The summed E-state index contributed by atoms with van der Waals surface area (Å²) >= 11 is 0. The smallest absolute Gasteiger partial charge is 0.0121 e. The van der Waals surface area contributed by atoms with Crippen LogP contribution in [0.2, 0.25) is 0 Å². The topological polar surface area (TPSA) is 3.24 Å². The number of hydrogen-bond donors (Lipinski definition) is 0. The van der Waals surface area contributed by atoms with Gasteiger partial charge in [0.15, 0.2) is 0 Å². The van der Waals surface area contributed by atoms with Gasteiger partial charge in [-0.25, -0.2) is 0 Å². The average Bonchev–Trinajstić information content (AvgIpc) is 2.52. The SMILES string of the molecule is CCCC(C)N1CCCC1C(C)C. The quantitative estimate of drug-likeness (QED) is 0.646. The van der Waals surface area contributed by atoms with Gasteiger partial charge in [-0.2, -0.15) is 0 Å². The lowest BCUT2D eigenvalue weighted by atomic mass is 10.0. The molecular formula is C12H25N. The molecule has 0 aromatic rings. The summed E-state index contributed by atoms with van der Waals surface area (Å²) in [6, 6.07) is 1.67. The van der Waals surface area contributed by atoms with E-state index in [1.54, 1.807) is 0 Å². The van der Waals surface area contributed by atoms with E-state index in [0.29, 0.717) is 0 Å². The summed E-state index contributed by atoms with van der Waals surface area (Å²) < 4.78 is 0. The highest BCUT2D eigenvalue weighted by Crippen LogP contribution is 2.26. The van der Waals surface area contributed by atoms with Crippen LogP contribution in [0.25, 0.3) is 0 Å². The summed E-state index contributed by atoms with van der Waals surface area (Å²) in [5, 5.41) is 0. The first-order chi connectivity index (χ1) is 6.16. The minimum atomic E-state index is 0.805. The van der Waals surface area contributed by atoms with Gasteiger partial charge in [-0.3, -0.25) is 4.90 Å². The third-order valence-electron chi connectivity index (χ3n) is 3.38. The minimum absolute atomic E-state index is 0.805. The lowest BCUT2D eigenvalue weighted by Crippen LogP contribution is -2.39. The summed E-state index contributed by atoms with van der Waals surface area (Å²) in [7, 11) is 0. The van der Waals surface area contributed by atoms with Crippen molar-refractivity contribution in [2.45, 2.75) is 65.5 Å². The third-order valence-corrected chi connectivity index (χ3v) is 3.38. The lowest BCUT2D eigenvalue weighted by molar-refractivity contribution is 0.148. The summed E-state index contributed by atoms with van der Waals surface area (Å²) in [5.74, 6) is 0.835. The van der Waals surface area contributed by atoms with E-state index < -0.39 is 0 Å². The van der Waals surface area contributed by atoms with Crippen LogP contribution in [-0.4, -0.2) is 23.5 Å². The molecule has 0 aromatic carbocycles. The van der Waals surface area contributed by atoms with Crippen LogP contribution >= 0.6 is 0 Å². The number of likely N-dealkylation sites (tertiary alicyclic amines) is 1. The van der Waals surface area contributed by atoms with Gasteiger partial charge in [0.05, 0.1) is 0 Å². The molecule has 0 bridgehead atoms. The van der Waals surface area contributed by atoms with Crippen molar-refractivity contribution in [1.82, 2.24) is 4.90 Å². The molecule has 1 fully saturated rings. The van der Waals surface area contributed by atoms with Crippen molar-refractivity contribution in [3.63, 3.8) is 0 Å². The lowest BCUT2D eigenvalue weighted by Gasteiger charge is -2.33. The molecule has 1 nitrogen and oxygen atoms in total. The van der Waals surface area contributed by atoms with Crippen LogP contribution in [0.1, 0.15) is 53.4 Å². The van der Waals surface area contributed by atoms with Crippen LogP contribution in [0.15, 0.2) is 0 Å². The second-order valence-electron chi connectivity index (χ2n) is 4.83. The largest absolute Gasteiger partial charge is 0.297 e. The van der Waals surface area contributed by atoms with E-state index in [0.717, 1.165) is 18.0 Å². The van der Waals surface area contributed by atoms with E-state index in [2.05, 4.69) is 32.6 Å². The molecule has 1 heterocycles. The minimum Gasteiger partial charge on any atom is -0.297 e. The summed E-state index contributed by atoms with van der Waals surface area (Å²) in [6.07, 6.45) is 5.52. The Balaban J connectivity index is 2.47. The number of rotatable bonds is 4. The van der Waals surface area contributed by atoms with Crippen molar-refractivity contribution in [3.8, 4) is 0 Å². The molecule has 1 rings (SSSR count). The van der Waals surface area contributed by atoms with Gasteiger partial charge in [0.25, 0.3) is 0 Å². The van der Waals surface area contributed by atoms with E-state index in [4.69, 9.17) is 0 Å². The van der Waals surface area contributed by atoms with Gasteiger partial charge in [-0.05, 0) is 38.6 Å². The Kier molecular flexibility index (Phi) is 4.24. The van der Waals surface area contributed by atoms with Gasteiger partial charge >= 0.3 is 0 Å². The van der Waals surface area contributed by atoms with Crippen LogP contribution in [0.4, 0.5) is 0 Å². The van der Waals surface area contributed by atoms with Crippen molar-refractivity contribution >= 4 is 0 Å². The van der Waals surface area contributed by atoms with Crippen molar-refractivity contribution in [2.24, 2.45) is 5.92 Å². The summed E-state index contributed by atoms with van der Waals surface area (Å²) in [5.41, 5.74) is 0. The monoisotopic (exact) mass is 183 g/mol. The molecule has 0 aliphatic carbocycles. The first-order valence-corrected chi connectivity index (χ1v) is 5.92. The third kappa shape index (κ3) is 2.70. The summed E-state index contributed by atoms with van der Waals surface area (Å²) in [4.78, 5) is 2.73. The van der Waals surface area contributed by atoms with Gasteiger partial charge in [0, 0.05) is 12.1 Å². The molecule has 1 aliphatic heterocycles. The van der Waals surface area contributed by atoms with Crippen LogP contribution < -0.4 is 0 Å². The molecule has 0 amide bonds. The highest BCUT2D eigenvalue weighted by Gasteiger charge is 2.29. The van der Waals surface area contributed by atoms with E-state index >= 15 is 0 Å². The molecule has 0 aromatic heterocycles. The summed E-state index contributed by atoms with van der Waals surface area (Å²) in [6.45, 7) is 10.7. The van der Waals surface area contributed by atoms with Crippen molar-refractivity contribution < 1.29 is 0 Å². The average molecular weight is 183 g/mol. The van der Waals surface area contributed by atoms with E-state index in [1.807, 2.05) is 0 Å². The fraction of sp³-hybridized carbons (Fsp3) is 1.00. The fourth-order valence-electron chi connectivity index (χ4n) is 2.66. The van der Waals surface area contributed by atoms with Gasteiger partial charge in [0.1, 0.15) is 0 Å². The van der Waals surface area contributed by atoms with Crippen molar-refractivity contribution in [3.05, 3.63) is 0 Å². The first-order valence-electron chi connectivity index (χ1n) is 5.92. The van der Waals surface area contributed by atoms with E-state index in [9.17, 15) is 0 Å². The zero-order valence-corrected chi connectivity index (χ0v) is 9.71. The van der Waals surface area contributed by atoms with Crippen LogP contribution in [0.3, 0.4) is 0 Å². The molecule has 1 saturated heterocycles. The molecule has 1 heteroatoms. The number of hydrogen-bond acceptors (Lipinski definition) is 1. The van der Waals surface area contributed by atoms with E-state index in [1.165, 1.54) is 32.2 Å².